The average molecular weight is 345 g/mol. The molecule has 7 heteroatoms. The summed E-state index contributed by atoms with van der Waals surface area (Å²) in [5, 5.41) is 1.06. The molecule has 0 atom stereocenters. The lowest BCUT2D eigenvalue weighted by Crippen LogP contribution is -2.14. The second-order valence-electron chi connectivity index (χ2n) is 5.18. The summed E-state index contributed by atoms with van der Waals surface area (Å²) in [6.45, 7) is 3.26. The van der Waals surface area contributed by atoms with Crippen molar-refractivity contribution in [2.24, 2.45) is 0 Å². The minimum atomic E-state index is -0.558. The Hall–Kier alpha value is -2.73. The van der Waals surface area contributed by atoms with Crippen molar-refractivity contribution in [3.05, 3.63) is 50.9 Å². The smallest absolute Gasteiger partial charge is 0.341 e. The molecule has 3 aromatic rings. The van der Waals surface area contributed by atoms with Crippen molar-refractivity contribution in [2.45, 2.75) is 13.8 Å². The van der Waals surface area contributed by atoms with Crippen molar-refractivity contribution < 1.29 is 14.3 Å². The minimum absolute atomic E-state index is 0.0797. The summed E-state index contributed by atoms with van der Waals surface area (Å²) in [6, 6.07) is 3.17. The first-order valence-corrected chi connectivity index (χ1v) is 7.64. The maximum atomic E-state index is 12.4. The first-order valence-electron chi connectivity index (χ1n) is 7.26. The van der Waals surface area contributed by atoms with Crippen LogP contribution in [0.2, 0.25) is 5.02 Å². The van der Waals surface area contributed by atoms with Crippen LogP contribution in [0.25, 0.3) is 21.8 Å². The number of halogens is 1. The zero-order valence-electron chi connectivity index (χ0n) is 13.0. The van der Waals surface area contributed by atoms with E-state index in [1.165, 1.54) is 19.3 Å². The Bertz CT molecular complexity index is 1060. The number of esters is 1. The number of fused-ring (bicyclic) bond motifs is 3. The number of carbonyl (C=O) groups excluding carboxylic acids is 2. The third-order valence-corrected chi connectivity index (χ3v) is 4.11. The molecule has 0 amide bonds. The highest BCUT2D eigenvalue weighted by molar-refractivity contribution is 6.38. The summed E-state index contributed by atoms with van der Waals surface area (Å²) in [6.07, 6.45) is 2.68. The quantitative estimate of drug-likeness (QED) is 0.448. The Balaban J connectivity index is 2.32. The number of aromatic amines is 1. The first kappa shape index (κ1) is 16.1. The van der Waals surface area contributed by atoms with Crippen LogP contribution < -0.4 is 5.43 Å². The molecule has 0 saturated carbocycles. The fraction of sp³-hybridized carbons (Fsp3) is 0.176. The molecule has 0 unspecified atom stereocenters. The lowest BCUT2D eigenvalue weighted by Gasteiger charge is -2.09. The van der Waals surface area contributed by atoms with Gasteiger partial charge in [0.1, 0.15) is 0 Å². The van der Waals surface area contributed by atoms with Gasteiger partial charge in [-0.1, -0.05) is 17.7 Å². The van der Waals surface area contributed by atoms with Crippen molar-refractivity contribution in [3.63, 3.8) is 0 Å². The standard InChI is InChI=1S/C17H13ClN2O4/c1-3-24-17(23)12-7-20-14-9(13(12)18)4-5-10-15(14)19-6-11(8(2)21)16(10)22/h4-7H,3H2,1-2H3,(H,19,22). The maximum absolute atomic E-state index is 12.4. The molecule has 2 heterocycles. The van der Waals surface area contributed by atoms with Crippen LogP contribution in [0.15, 0.2) is 29.3 Å². The van der Waals surface area contributed by atoms with Crippen LogP contribution >= 0.6 is 11.6 Å². The van der Waals surface area contributed by atoms with Gasteiger partial charge >= 0.3 is 5.97 Å². The number of ketones is 1. The molecule has 0 bridgehead atoms. The van der Waals surface area contributed by atoms with Crippen LogP contribution in [0.5, 0.6) is 0 Å². The molecule has 6 nitrogen and oxygen atoms in total. The molecule has 1 N–H and O–H groups in total. The van der Waals surface area contributed by atoms with Crippen LogP contribution in [0.3, 0.4) is 0 Å². The lowest BCUT2D eigenvalue weighted by atomic mass is 10.1. The van der Waals surface area contributed by atoms with Gasteiger partial charge in [-0.2, -0.15) is 0 Å². The number of nitrogens with one attached hydrogen (secondary N) is 1. The summed E-state index contributed by atoms with van der Waals surface area (Å²) in [5.74, 6) is -0.876. The van der Waals surface area contributed by atoms with E-state index in [9.17, 15) is 14.4 Å². The van der Waals surface area contributed by atoms with Crippen molar-refractivity contribution in [1.29, 1.82) is 0 Å². The highest BCUT2D eigenvalue weighted by Gasteiger charge is 2.18. The molecule has 0 aliphatic heterocycles. The Morgan fingerprint density at radius 1 is 1.25 bits per heavy atom. The van der Waals surface area contributed by atoms with E-state index >= 15 is 0 Å². The van der Waals surface area contributed by atoms with Crippen LogP contribution in [0, 0.1) is 0 Å². The fourth-order valence-corrected chi connectivity index (χ4v) is 2.81. The number of benzene rings is 1. The predicted octanol–water partition coefficient (Wildman–Crippen LogP) is 3.11. The van der Waals surface area contributed by atoms with Gasteiger partial charge in [0, 0.05) is 23.2 Å². The van der Waals surface area contributed by atoms with Crippen molar-refractivity contribution in [2.75, 3.05) is 6.61 Å². The Morgan fingerprint density at radius 3 is 2.62 bits per heavy atom. The van der Waals surface area contributed by atoms with E-state index in [2.05, 4.69) is 9.97 Å². The molecule has 0 fully saturated rings. The van der Waals surface area contributed by atoms with E-state index < -0.39 is 5.97 Å². The second-order valence-corrected chi connectivity index (χ2v) is 5.56. The number of rotatable bonds is 3. The molecule has 0 aliphatic rings. The normalized spacial score (nSPS) is 11.0. The minimum Gasteiger partial charge on any atom is -0.462 e. The van der Waals surface area contributed by atoms with Crippen LogP contribution in [0.1, 0.15) is 34.6 Å². The topological polar surface area (TPSA) is 89.1 Å². The van der Waals surface area contributed by atoms with Gasteiger partial charge < -0.3 is 9.72 Å². The number of hydrogen-bond acceptors (Lipinski definition) is 5. The van der Waals surface area contributed by atoms with Gasteiger partial charge in [0.2, 0.25) is 0 Å². The summed E-state index contributed by atoms with van der Waals surface area (Å²) in [7, 11) is 0. The highest BCUT2D eigenvalue weighted by Crippen LogP contribution is 2.29. The molecule has 0 radical (unpaired) electrons. The van der Waals surface area contributed by atoms with E-state index in [-0.39, 0.29) is 34.0 Å². The summed E-state index contributed by atoms with van der Waals surface area (Å²) in [5.41, 5.74) is 0.771. The molecule has 1 aromatic carbocycles. The van der Waals surface area contributed by atoms with Crippen molar-refractivity contribution in [1.82, 2.24) is 9.97 Å². The molecule has 0 aliphatic carbocycles. The van der Waals surface area contributed by atoms with E-state index in [0.717, 1.165) is 0 Å². The van der Waals surface area contributed by atoms with Crippen molar-refractivity contribution in [3.8, 4) is 0 Å². The molecule has 122 valence electrons. The molecule has 3 rings (SSSR count). The van der Waals surface area contributed by atoms with Crippen molar-refractivity contribution >= 4 is 45.2 Å². The molecular weight excluding hydrogens is 332 g/mol. The number of pyridine rings is 2. The number of Topliss-reactive ketones (excluding diaryl/α,β-unsaturated/α-hetero) is 1. The van der Waals surface area contributed by atoms with Crippen LogP contribution in [-0.2, 0) is 4.74 Å². The predicted molar refractivity (Wildman–Crippen MR) is 90.8 cm³/mol. The van der Waals surface area contributed by atoms with E-state index in [0.29, 0.717) is 21.8 Å². The molecule has 2 aromatic heterocycles. The zero-order valence-corrected chi connectivity index (χ0v) is 13.7. The number of H-pyrrole nitrogens is 1. The first-order chi connectivity index (χ1) is 11.5. The molecule has 0 saturated heterocycles. The SMILES string of the molecule is CCOC(=O)c1cnc2c(ccc3c(=O)c(C(C)=O)c[nH]c32)c1Cl. The van der Waals surface area contributed by atoms with Gasteiger partial charge in [0.15, 0.2) is 11.2 Å². The molecule has 24 heavy (non-hydrogen) atoms. The van der Waals surface area contributed by atoms with Gasteiger partial charge in [-0.3, -0.25) is 14.6 Å². The van der Waals surface area contributed by atoms with E-state index in [1.54, 1.807) is 19.1 Å². The van der Waals surface area contributed by atoms with E-state index in [1.807, 2.05) is 0 Å². The van der Waals surface area contributed by atoms with Gasteiger partial charge in [-0.05, 0) is 19.9 Å². The number of hydrogen-bond donors (Lipinski definition) is 1. The van der Waals surface area contributed by atoms with Crippen LogP contribution in [0.4, 0.5) is 0 Å². The Labute approximate surface area is 141 Å². The molecule has 0 spiro atoms. The third kappa shape index (κ3) is 2.45. The summed E-state index contributed by atoms with van der Waals surface area (Å²) < 4.78 is 4.95. The van der Waals surface area contributed by atoms with Gasteiger partial charge in [0.05, 0.1) is 33.8 Å². The summed E-state index contributed by atoms with van der Waals surface area (Å²) in [4.78, 5) is 43.0. The van der Waals surface area contributed by atoms with Gasteiger partial charge in [0.25, 0.3) is 0 Å². The van der Waals surface area contributed by atoms with Gasteiger partial charge in [-0.25, -0.2) is 4.79 Å². The monoisotopic (exact) mass is 344 g/mol. The summed E-state index contributed by atoms with van der Waals surface area (Å²) >= 11 is 6.31. The highest BCUT2D eigenvalue weighted by atomic mass is 35.5. The largest absolute Gasteiger partial charge is 0.462 e. The Kier molecular flexibility index (Phi) is 4.07. The van der Waals surface area contributed by atoms with Crippen LogP contribution in [-0.4, -0.2) is 28.3 Å². The average Bonchev–Trinajstić information content (AvgIpc) is 2.55. The number of aromatic nitrogens is 2. The number of nitrogens with zero attached hydrogens (tertiary/aromatic N) is 1. The van der Waals surface area contributed by atoms with Gasteiger partial charge in [-0.15, -0.1) is 0 Å². The third-order valence-electron chi connectivity index (χ3n) is 3.70. The lowest BCUT2D eigenvalue weighted by molar-refractivity contribution is 0.0526. The Morgan fingerprint density at radius 2 is 1.96 bits per heavy atom. The fourth-order valence-electron chi connectivity index (χ4n) is 2.54. The second kappa shape index (κ2) is 6.05. The zero-order chi connectivity index (χ0) is 17.4. The number of carbonyl (C=O) groups is 2. The molecular formula is C17H13ClN2O4. The van der Waals surface area contributed by atoms with E-state index in [4.69, 9.17) is 16.3 Å². The maximum Gasteiger partial charge on any atom is 0.341 e. The number of ether oxygens (including phenoxy) is 1.